The molecular weight excluding hydrogens is 386 g/mol. The first-order chi connectivity index (χ1) is 14.6. The quantitative estimate of drug-likeness (QED) is 0.603. The Balaban J connectivity index is 1.59. The van der Waals surface area contributed by atoms with Crippen LogP contribution in [-0.2, 0) is 20.9 Å². The lowest BCUT2D eigenvalue weighted by molar-refractivity contribution is -0.136. The van der Waals surface area contributed by atoms with Crippen molar-refractivity contribution in [1.29, 1.82) is 0 Å². The summed E-state index contributed by atoms with van der Waals surface area (Å²) in [5.74, 6) is -1.31. The summed E-state index contributed by atoms with van der Waals surface area (Å²) in [6.45, 7) is 1.21. The molecule has 0 unspecified atom stereocenters. The van der Waals surface area contributed by atoms with Crippen molar-refractivity contribution in [3.05, 3.63) is 59.7 Å². The van der Waals surface area contributed by atoms with Gasteiger partial charge in [-0.1, -0.05) is 30.3 Å². The number of para-hydroxylation sites is 2. The molecule has 1 heterocycles. The summed E-state index contributed by atoms with van der Waals surface area (Å²) in [5.41, 5.74) is 1.34. The summed E-state index contributed by atoms with van der Waals surface area (Å²) in [6.07, 6.45) is 1.75. The molecule has 2 aromatic rings. The van der Waals surface area contributed by atoms with Crippen LogP contribution in [0.3, 0.4) is 0 Å². The molecule has 1 fully saturated rings. The van der Waals surface area contributed by atoms with Crippen LogP contribution in [0.15, 0.2) is 48.5 Å². The molecule has 3 amide bonds. The Morgan fingerprint density at radius 2 is 1.80 bits per heavy atom. The van der Waals surface area contributed by atoms with E-state index in [1.54, 1.807) is 31.4 Å². The van der Waals surface area contributed by atoms with E-state index < -0.39 is 11.8 Å². The van der Waals surface area contributed by atoms with Crippen LogP contribution < -0.4 is 20.7 Å². The standard InChI is InChI=1S/C22H25N3O5/c1-29-19-11-5-2-7-15(19)13-23-20(26)17-9-3-4-10-18(17)25-22(28)21(27)24-14-16-8-6-12-30-16/h2-5,7,9-11,16H,6,8,12-14H2,1H3,(H,23,26)(H,24,27)(H,25,28)/t16-/m0/s1. The second kappa shape index (κ2) is 10.4. The third kappa shape index (κ3) is 5.57. The first-order valence-electron chi connectivity index (χ1n) is 9.78. The predicted molar refractivity (Wildman–Crippen MR) is 111 cm³/mol. The highest BCUT2D eigenvalue weighted by Gasteiger charge is 2.21. The molecule has 2 aromatic carbocycles. The second-order valence-corrected chi connectivity index (χ2v) is 6.84. The number of hydrogen-bond donors (Lipinski definition) is 3. The monoisotopic (exact) mass is 411 g/mol. The van der Waals surface area contributed by atoms with E-state index in [1.165, 1.54) is 0 Å². The summed E-state index contributed by atoms with van der Waals surface area (Å²) < 4.78 is 10.7. The highest BCUT2D eigenvalue weighted by atomic mass is 16.5. The molecule has 0 saturated carbocycles. The molecular formula is C22H25N3O5. The van der Waals surface area contributed by atoms with Crippen LogP contribution in [0, 0.1) is 0 Å². The minimum Gasteiger partial charge on any atom is -0.496 e. The van der Waals surface area contributed by atoms with Crippen molar-refractivity contribution >= 4 is 23.4 Å². The lowest BCUT2D eigenvalue weighted by atomic mass is 10.1. The van der Waals surface area contributed by atoms with Gasteiger partial charge in [0.2, 0.25) is 0 Å². The van der Waals surface area contributed by atoms with Crippen molar-refractivity contribution in [3.63, 3.8) is 0 Å². The van der Waals surface area contributed by atoms with Crippen molar-refractivity contribution < 1.29 is 23.9 Å². The lowest BCUT2D eigenvalue weighted by Crippen LogP contribution is -2.39. The van der Waals surface area contributed by atoms with Gasteiger partial charge in [-0.25, -0.2) is 0 Å². The fraction of sp³-hybridized carbons (Fsp3) is 0.318. The third-order valence-electron chi connectivity index (χ3n) is 4.77. The maximum atomic E-state index is 12.7. The fourth-order valence-corrected chi connectivity index (χ4v) is 3.18. The number of amides is 3. The van der Waals surface area contributed by atoms with Gasteiger partial charge in [0.25, 0.3) is 5.91 Å². The molecule has 1 aliphatic rings. The molecule has 158 valence electrons. The molecule has 8 heteroatoms. The van der Waals surface area contributed by atoms with Gasteiger partial charge in [-0.15, -0.1) is 0 Å². The molecule has 0 aliphatic carbocycles. The lowest BCUT2D eigenvalue weighted by Gasteiger charge is -2.13. The van der Waals surface area contributed by atoms with E-state index in [1.807, 2.05) is 24.3 Å². The number of carbonyl (C=O) groups excluding carboxylic acids is 3. The average molecular weight is 411 g/mol. The molecule has 0 aromatic heterocycles. The van der Waals surface area contributed by atoms with Crippen molar-refractivity contribution in [3.8, 4) is 5.75 Å². The topological polar surface area (TPSA) is 106 Å². The first-order valence-corrected chi connectivity index (χ1v) is 9.78. The van der Waals surface area contributed by atoms with E-state index in [-0.39, 0.29) is 36.4 Å². The molecule has 8 nitrogen and oxygen atoms in total. The Morgan fingerprint density at radius 1 is 1.03 bits per heavy atom. The SMILES string of the molecule is COc1ccccc1CNC(=O)c1ccccc1NC(=O)C(=O)NC[C@@H]1CCCO1. The van der Waals surface area contributed by atoms with E-state index in [9.17, 15) is 14.4 Å². The average Bonchev–Trinajstić information content (AvgIpc) is 3.30. The zero-order chi connectivity index (χ0) is 21.3. The van der Waals surface area contributed by atoms with Crippen LogP contribution in [0.2, 0.25) is 0 Å². The van der Waals surface area contributed by atoms with E-state index in [0.717, 1.165) is 18.4 Å². The van der Waals surface area contributed by atoms with Crippen LogP contribution in [0.4, 0.5) is 5.69 Å². The van der Waals surface area contributed by atoms with Gasteiger partial charge in [0.15, 0.2) is 0 Å². The van der Waals surface area contributed by atoms with Gasteiger partial charge in [0.1, 0.15) is 5.75 Å². The predicted octanol–water partition coefficient (Wildman–Crippen LogP) is 1.86. The fourth-order valence-electron chi connectivity index (χ4n) is 3.18. The number of rotatable bonds is 7. The number of methoxy groups -OCH3 is 1. The number of anilines is 1. The Hall–Kier alpha value is -3.39. The van der Waals surface area contributed by atoms with Crippen LogP contribution in [0.1, 0.15) is 28.8 Å². The van der Waals surface area contributed by atoms with Gasteiger partial charge in [-0.2, -0.15) is 0 Å². The molecule has 3 N–H and O–H groups in total. The molecule has 0 radical (unpaired) electrons. The molecule has 1 aliphatic heterocycles. The summed E-state index contributed by atoms with van der Waals surface area (Å²) in [7, 11) is 1.56. The zero-order valence-corrected chi connectivity index (χ0v) is 16.8. The van der Waals surface area contributed by atoms with Crippen LogP contribution in [-0.4, -0.2) is 44.1 Å². The van der Waals surface area contributed by atoms with Crippen molar-refractivity contribution in [2.24, 2.45) is 0 Å². The second-order valence-electron chi connectivity index (χ2n) is 6.84. The molecule has 30 heavy (non-hydrogen) atoms. The van der Waals surface area contributed by atoms with Gasteiger partial charge >= 0.3 is 11.8 Å². The van der Waals surface area contributed by atoms with Crippen LogP contribution >= 0.6 is 0 Å². The summed E-state index contributed by atoms with van der Waals surface area (Å²) >= 11 is 0. The van der Waals surface area contributed by atoms with Crippen LogP contribution in [0.25, 0.3) is 0 Å². The van der Waals surface area contributed by atoms with Crippen molar-refractivity contribution in [2.45, 2.75) is 25.5 Å². The molecule has 1 atom stereocenters. The number of nitrogens with one attached hydrogen (secondary N) is 3. The highest BCUT2D eigenvalue weighted by molar-refractivity contribution is 6.40. The van der Waals surface area contributed by atoms with Gasteiger partial charge in [-0.05, 0) is 31.0 Å². The van der Waals surface area contributed by atoms with Crippen molar-refractivity contribution in [1.82, 2.24) is 10.6 Å². The largest absolute Gasteiger partial charge is 0.496 e. The number of ether oxygens (including phenoxy) is 2. The minimum absolute atomic E-state index is 0.0604. The molecule has 0 bridgehead atoms. The van der Waals surface area contributed by atoms with Gasteiger partial charge < -0.3 is 25.4 Å². The van der Waals surface area contributed by atoms with E-state index in [2.05, 4.69) is 16.0 Å². The Morgan fingerprint density at radius 3 is 2.57 bits per heavy atom. The Bertz CT molecular complexity index is 909. The highest BCUT2D eigenvalue weighted by Crippen LogP contribution is 2.18. The molecule has 0 spiro atoms. The minimum atomic E-state index is -0.835. The Labute approximate surface area is 174 Å². The van der Waals surface area contributed by atoms with Crippen molar-refractivity contribution in [2.75, 3.05) is 25.6 Å². The normalized spacial score (nSPS) is 15.3. The van der Waals surface area contributed by atoms with Gasteiger partial charge in [0, 0.05) is 25.3 Å². The van der Waals surface area contributed by atoms with E-state index in [4.69, 9.17) is 9.47 Å². The Kier molecular flexibility index (Phi) is 7.40. The third-order valence-corrected chi connectivity index (χ3v) is 4.77. The van der Waals surface area contributed by atoms with Gasteiger partial charge in [-0.3, -0.25) is 14.4 Å². The summed E-state index contributed by atoms with van der Waals surface area (Å²) in [5, 5.41) is 7.88. The maximum Gasteiger partial charge on any atom is 0.313 e. The smallest absolute Gasteiger partial charge is 0.313 e. The van der Waals surface area contributed by atoms with E-state index >= 15 is 0 Å². The molecule has 3 rings (SSSR count). The summed E-state index contributed by atoms with van der Waals surface area (Å²) in [4.78, 5) is 37.0. The molecule has 1 saturated heterocycles. The number of carbonyl (C=O) groups is 3. The zero-order valence-electron chi connectivity index (χ0n) is 16.8. The number of benzene rings is 2. The summed E-state index contributed by atoms with van der Waals surface area (Å²) in [6, 6.07) is 13.9. The maximum absolute atomic E-state index is 12.7. The first kappa shape index (κ1) is 21.3. The number of hydrogen-bond acceptors (Lipinski definition) is 5. The van der Waals surface area contributed by atoms with Gasteiger partial charge in [0.05, 0.1) is 24.5 Å². The van der Waals surface area contributed by atoms with E-state index in [0.29, 0.717) is 12.4 Å². The van der Waals surface area contributed by atoms with Crippen LogP contribution in [0.5, 0.6) is 5.75 Å².